The molecule has 1 aromatic rings. The zero-order chi connectivity index (χ0) is 22.5. The minimum absolute atomic E-state index is 0.00622. The van der Waals surface area contributed by atoms with E-state index in [0.29, 0.717) is 18.9 Å². The quantitative estimate of drug-likeness (QED) is 0.652. The van der Waals surface area contributed by atoms with Crippen LogP contribution in [0, 0.1) is 17.3 Å². The van der Waals surface area contributed by atoms with Gasteiger partial charge in [0.2, 0.25) is 11.8 Å². The highest BCUT2D eigenvalue weighted by molar-refractivity contribution is 5.91. The number of hydrogen-bond donors (Lipinski definition) is 1. The molecule has 0 saturated carbocycles. The molecule has 0 bridgehead atoms. The fourth-order valence-electron chi connectivity index (χ4n) is 3.21. The molecule has 0 aliphatic rings. The van der Waals surface area contributed by atoms with Crippen LogP contribution in [0.1, 0.15) is 67.4 Å². The maximum absolute atomic E-state index is 12.9. The van der Waals surface area contributed by atoms with Gasteiger partial charge in [0.05, 0.1) is 0 Å². The van der Waals surface area contributed by atoms with Gasteiger partial charge in [0.15, 0.2) is 0 Å². The second kappa shape index (κ2) is 10.1. The third-order valence-electron chi connectivity index (χ3n) is 5.11. The van der Waals surface area contributed by atoms with Gasteiger partial charge in [-0.3, -0.25) is 9.59 Å². The number of benzene rings is 1. The van der Waals surface area contributed by atoms with E-state index in [2.05, 4.69) is 46.9 Å². The molecule has 2 amide bonds. The van der Waals surface area contributed by atoms with Crippen molar-refractivity contribution in [2.24, 2.45) is 17.3 Å². The van der Waals surface area contributed by atoms with E-state index in [1.165, 1.54) is 0 Å². The Morgan fingerprint density at radius 2 is 1.62 bits per heavy atom. The topological polar surface area (TPSA) is 52.7 Å². The zero-order valence-corrected chi connectivity index (χ0v) is 20.1. The molecule has 0 spiro atoms. The van der Waals surface area contributed by atoms with Crippen molar-refractivity contribution in [2.45, 2.75) is 74.4 Å². The average Bonchev–Trinajstić information content (AvgIpc) is 2.56. The van der Waals surface area contributed by atoms with Crippen molar-refractivity contribution in [3.05, 3.63) is 23.8 Å². The molecule has 0 fully saturated rings. The van der Waals surface area contributed by atoms with E-state index in [1.54, 1.807) is 0 Å². The third kappa shape index (κ3) is 7.71. The van der Waals surface area contributed by atoms with Crippen molar-refractivity contribution < 1.29 is 9.59 Å². The molecule has 0 aromatic heterocycles. The summed E-state index contributed by atoms with van der Waals surface area (Å²) < 4.78 is 0. The van der Waals surface area contributed by atoms with Gasteiger partial charge >= 0.3 is 0 Å². The Kier molecular flexibility index (Phi) is 8.73. The zero-order valence-electron chi connectivity index (χ0n) is 20.1. The third-order valence-corrected chi connectivity index (χ3v) is 5.11. The average molecular weight is 404 g/mol. The lowest BCUT2D eigenvalue weighted by molar-refractivity contribution is -0.138. The molecule has 1 rings (SSSR count). The first-order chi connectivity index (χ1) is 13.2. The molecule has 5 heteroatoms. The first-order valence-electron chi connectivity index (χ1n) is 10.6. The van der Waals surface area contributed by atoms with Crippen molar-refractivity contribution in [1.29, 1.82) is 0 Å². The van der Waals surface area contributed by atoms with E-state index in [4.69, 9.17) is 0 Å². The number of carbonyl (C=O) groups excluding carboxylic acids is 2. The van der Waals surface area contributed by atoms with Gasteiger partial charge in [-0.1, -0.05) is 48.5 Å². The van der Waals surface area contributed by atoms with E-state index in [9.17, 15) is 9.59 Å². The summed E-state index contributed by atoms with van der Waals surface area (Å²) in [5, 5.41) is 3.02. The van der Waals surface area contributed by atoms with E-state index >= 15 is 0 Å². The molecule has 1 aromatic carbocycles. The maximum Gasteiger partial charge on any atom is 0.225 e. The predicted molar refractivity (Wildman–Crippen MR) is 123 cm³/mol. The van der Waals surface area contributed by atoms with Crippen LogP contribution in [0.15, 0.2) is 18.2 Å². The molecule has 0 saturated heterocycles. The van der Waals surface area contributed by atoms with Crippen LogP contribution in [0.4, 0.5) is 11.4 Å². The molecule has 0 aliphatic carbocycles. The standard InChI is InChI=1S/C24H41N3O2/c1-16(2)18(5)27(23(29)17(3)4)15-19-13-20(11-12-21(19)26(9)10)25-22(28)14-24(6,7)8/h11-13,16-18H,14-15H2,1-10H3,(H,25,28). The van der Waals surface area contributed by atoms with Crippen LogP contribution < -0.4 is 10.2 Å². The molecule has 0 aliphatic heterocycles. The highest BCUT2D eigenvalue weighted by Gasteiger charge is 2.26. The minimum atomic E-state index is -0.0658. The molecule has 1 unspecified atom stereocenters. The summed E-state index contributed by atoms with van der Waals surface area (Å²) in [4.78, 5) is 29.3. The molecular weight excluding hydrogens is 362 g/mol. The summed E-state index contributed by atoms with van der Waals surface area (Å²) >= 11 is 0. The SMILES string of the molecule is CC(C)C(=O)N(Cc1cc(NC(=O)CC(C)(C)C)ccc1N(C)C)C(C)C(C)C. The number of rotatable bonds is 8. The first kappa shape index (κ1) is 25.0. The molecule has 0 heterocycles. The van der Waals surface area contributed by atoms with Gasteiger partial charge in [0.25, 0.3) is 0 Å². The Bertz CT molecular complexity index is 703. The number of nitrogens with one attached hydrogen (secondary N) is 1. The largest absolute Gasteiger partial charge is 0.377 e. The Morgan fingerprint density at radius 3 is 2.07 bits per heavy atom. The van der Waals surface area contributed by atoms with E-state index in [-0.39, 0.29) is 29.2 Å². The summed E-state index contributed by atoms with van der Waals surface area (Å²) in [6.45, 7) is 16.9. The molecule has 1 atom stereocenters. The fraction of sp³-hybridized carbons (Fsp3) is 0.667. The van der Waals surface area contributed by atoms with Gasteiger partial charge in [-0.15, -0.1) is 0 Å². The fourth-order valence-corrected chi connectivity index (χ4v) is 3.21. The highest BCUT2D eigenvalue weighted by atomic mass is 16.2. The van der Waals surface area contributed by atoms with Crippen molar-refractivity contribution in [2.75, 3.05) is 24.3 Å². The first-order valence-corrected chi connectivity index (χ1v) is 10.6. The number of nitrogens with zero attached hydrogens (tertiary/aromatic N) is 2. The van der Waals surface area contributed by atoms with Gasteiger partial charge in [-0.2, -0.15) is 0 Å². The lowest BCUT2D eigenvalue weighted by Crippen LogP contribution is -2.43. The van der Waals surface area contributed by atoms with Crippen LogP contribution >= 0.6 is 0 Å². The van der Waals surface area contributed by atoms with Crippen LogP contribution in [0.2, 0.25) is 0 Å². The van der Waals surface area contributed by atoms with Gasteiger partial charge in [0.1, 0.15) is 0 Å². The van der Waals surface area contributed by atoms with Crippen LogP contribution in [0.5, 0.6) is 0 Å². The van der Waals surface area contributed by atoms with Crippen molar-refractivity contribution >= 4 is 23.2 Å². The summed E-state index contributed by atoms with van der Waals surface area (Å²) in [6.07, 6.45) is 0.458. The van der Waals surface area contributed by atoms with Crippen LogP contribution in [-0.2, 0) is 16.1 Å². The number of amides is 2. The monoisotopic (exact) mass is 403 g/mol. The lowest BCUT2D eigenvalue weighted by atomic mass is 9.92. The Balaban J connectivity index is 3.24. The second-order valence-corrected chi connectivity index (χ2v) is 10.1. The Hall–Kier alpha value is -2.04. The molecular formula is C24H41N3O2. The van der Waals surface area contributed by atoms with Crippen molar-refractivity contribution in [3.63, 3.8) is 0 Å². The summed E-state index contributed by atoms with van der Waals surface area (Å²) in [7, 11) is 3.99. The number of anilines is 2. The van der Waals surface area contributed by atoms with E-state index < -0.39 is 0 Å². The highest BCUT2D eigenvalue weighted by Crippen LogP contribution is 2.28. The van der Waals surface area contributed by atoms with Gasteiger partial charge in [-0.05, 0) is 42.0 Å². The molecule has 29 heavy (non-hydrogen) atoms. The summed E-state index contributed by atoms with van der Waals surface area (Å²) in [5.41, 5.74) is 2.79. The van der Waals surface area contributed by atoms with E-state index in [1.807, 2.05) is 55.9 Å². The minimum Gasteiger partial charge on any atom is -0.377 e. The smallest absolute Gasteiger partial charge is 0.225 e. The Morgan fingerprint density at radius 1 is 1.03 bits per heavy atom. The van der Waals surface area contributed by atoms with Gasteiger partial charge in [0, 0.05) is 50.4 Å². The normalized spacial score (nSPS) is 12.8. The molecule has 0 radical (unpaired) electrons. The molecule has 164 valence electrons. The van der Waals surface area contributed by atoms with Gasteiger partial charge in [-0.25, -0.2) is 0 Å². The number of carbonyl (C=O) groups is 2. The number of hydrogen-bond acceptors (Lipinski definition) is 3. The van der Waals surface area contributed by atoms with Crippen LogP contribution in [-0.4, -0.2) is 36.9 Å². The van der Waals surface area contributed by atoms with E-state index in [0.717, 1.165) is 16.9 Å². The Labute approximate surface area is 177 Å². The maximum atomic E-state index is 12.9. The van der Waals surface area contributed by atoms with Crippen LogP contribution in [0.3, 0.4) is 0 Å². The van der Waals surface area contributed by atoms with Crippen LogP contribution in [0.25, 0.3) is 0 Å². The molecule has 5 nitrogen and oxygen atoms in total. The summed E-state index contributed by atoms with van der Waals surface area (Å²) in [5.74, 6) is 0.452. The van der Waals surface area contributed by atoms with Crippen molar-refractivity contribution in [1.82, 2.24) is 4.90 Å². The van der Waals surface area contributed by atoms with Crippen molar-refractivity contribution in [3.8, 4) is 0 Å². The summed E-state index contributed by atoms with van der Waals surface area (Å²) in [6, 6.07) is 6.07. The second-order valence-electron chi connectivity index (χ2n) is 10.1. The lowest BCUT2D eigenvalue weighted by Gasteiger charge is -2.34. The predicted octanol–water partition coefficient (Wildman–Crippen LogP) is 5.16. The molecule has 1 N–H and O–H groups in total. The van der Waals surface area contributed by atoms with Gasteiger partial charge < -0.3 is 15.1 Å².